The zero-order chi connectivity index (χ0) is 18.3. The molecule has 0 radical (unpaired) electrons. The summed E-state index contributed by atoms with van der Waals surface area (Å²) in [5.41, 5.74) is 0.0314. The van der Waals surface area contributed by atoms with Crippen molar-refractivity contribution in [3.05, 3.63) is 64.3 Å². The van der Waals surface area contributed by atoms with Crippen molar-refractivity contribution in [1.29, 1.82) is 15.9 Å². The normalized spacial score (nSPS) is 19.8. The summed E-state index contributed by atoms with van der Waals surface area (Å²) in [4.78, 5) is 14.6. The molecule has 4 heterocycles. The van der Waals surface area contributed by atoms with E-state index in [1.807, 2.05) is 35.0 Å². The summed E-state index contributed by atoms with van der Waals surface area (Å²) in [6, 6.07) is 11.9. The number of thiazole rings is 1. The highest BCUT2D eigenvalue weighted by Crippen LogP contribution is 2.37. The Morgan fingerprint density at radius 3 is 2.58 bits per heavy atom. The Labute approximate surface area is 160 Å². The van der Waals surface area contributed by atoms with Gasteiger partial charge in [0.1, 0.15) is 16.4 Å². The highest BCUT2D eigenvalue weighted by molar-refractivity contribution is 7.11. The SMILES string of the molecule is N#CC1=c2s/c(=C\c3cccs3)c(=O)n2C(=N)C(C#N)C1c1cccs1. The van der Waals surface area contributed by atoms with Crippen molar-refractivity contribution >= 4 is 51.5 Å². The molecule has 2 atom stereocenters. The molecular formula is C18H10N4OS3. The minimum Gasteiger partial charge on any atom is -0.287 e. The lowest BCUT2D eigenvalue weighted by Gasteiger charge is -2.25. The van der Waals surface area contributed by atoms with E-state index in [-0.39, 0.29) is 11.4 Å². The second-order valence-corrected chi connectivity index (χ2v) is 8.57. The van der Waals surface area contributed by atoms with Gasteiger partial charge in [-0.2, -0.15) is 10.5 Å². The molecule has 3 aromatic heterocycles. The van der Waals surface area contributed by atoms with Crippen molar-refractivity contribution in [3.63, 3.8) is 0 Å². The summed E-state index contributed by atoms with van der Waals surface area (Å²) in [6.45, 7) is 0. The van der Waals surface area contributed by atoms with Crippen LogP contribution < -0.4 is 14.8 Å². The van der Waals surface area contributed by atoms with Crippen molar-refractivity contribution in [1.82, 2.24) is 4.57 Å². The molecule has 1 aliphatic rings. The van der Waals surface area contributed by atoms with Crippen molar-refractivity contribution < 1.29 is 0 Å². The van der Waals surface area contributed by atoms with E-state index in [2.05, 4.69) is 12.1 Å². The molecule has 8 heteroatoms. The van der Waals surface area contributed by atoms with E-state index in [0.29, 0.717) is 14.8 Å². The molecule has 2 unspecified atom stereocenters. The van der Waals surface area contributed by atoms with Crippen LogP contribution in [0.4, 0.5) is 0 Å². The number of aromatic nitrogens is 1. The van der Waals surface area contributed by atoms with Gasteiger partial charge in [0, 0.05) is 9.75 Å². The number of nitrogens with one attached hydrogen (secondary N) is 1. The summed E-state index contributed by atoms with van der Waals surface area (Å²) < 4.78 is 2.14. The van der Waals surface area contributed by atoms with Crippen LogP contribution in [-0.2, 0) is 0 Å². The molecule has 3 aromatic rings. The highest BCUT2D eigenvalue weighted by atomic mass is 32.1. The third-order valence-electron chi connectivity index (χ3n) is 4.16. The lowest BCUT2D eigenvalue weighted by atomic mass is 9.83. The molecule has 0 saturated carbocycles. The first-order chi connectivity index (χ1) is 12.7. The maximum Gasteiger partial charge on any atom is 0.274 e. The number of hydrogen-bond acceptors (Lipinski definition) is 7. The zero-order valence-corrected chi connectivity index (χ0v) is 15.6. The van der Waals surface area contributed by atoms with Crippen LogP contribution in [0.5, 0.6) is 0 Å². The lowest BCUT2D eigenvalue weighted by Crippen LogP contribution is -2.45. The molecule has 0 fully saturated rings. The Hall–Kier alpha value is -2.78. The van der Waals surface area contributed by atoms with Crippen LogP contribution in [0.15, 0.2) is 39.8 Å². The van der Waals surface area contributed by atoms with Crippen LogP contribution >= 0.6 is 34.0 Å². The largest absolute Gasteiger partial charge is 0.287 e. The third-order valence-corrected chi connectivity index (χ3v) is 7.04. The summed E-state index contributed by atoms with van der Waals surface area (Å²) in [7, 11) is 0. The molecule has 1 aliphatic heterocycles. The number of nitriles is 2. The molecule has 0 bridgehead atoms. The Morgan fingerprint density at radius 1 is 1.19 bits per heavy atom. The summed E-state index contributed by atoms with van der Waals surface area (Å²) in [6.07, 6.45) is 1.77. The maximum absolute atomic E-state index is 12.8. The topological polar surface area (TPSA) is 93.4 Å². The quantitative estimate of drug-likeness (QED) is 0.723. The van der Waals surface area contributed by atoms with E-state index in [4.69, 9.17) is 5.41 Å². The standard InChI is InChI=1S/C18H10N4OS3/c19-8-11-15(13-4-2-6-25-13)12(9-20)18-22(16(11)21)17(23)14(26-18)7-10-3-1-5-24-10/h1-7,11,15,21H/b14-7-,21-16?. The van der Waals surface area contributed by atoms with Crippen LogP contribution in [0.3, 0.4) is 0 Å². The van der Waals surface area contributed by atoms with Crippen molar-refractivity contribution in [2.45, 2.75) is 5.92 Å². The molecule has 0 aliphatic carbocycles. The second-order valence-electron chi connectivity index (χ2n) is 5.58. The van der Waals surface area contributed by atoms with Crippen LogP contribution in [-0.4, -0.2) is 10.4 Å². The second kappa shape index (κ2) is 6.50. The summed E-state index contributed by atoms with van der Waals surface area (Å²) in [5, 5.41) is 31.7. The Bertz CT molecular complexity index is 1250. The smallest absolute Gasteiger partial charge is 0.274 e. The van der Waals surface area contributed by atoms with Crippen molar-refractivity contribution in [3.8, 4) is 12.1 Å². The van der Waals surface area contributed by atoms with Gasteiger partial charge in [-0.3, -0.25) is 14.8 Å². The first kappa shape index (κ1) is 16.7. The van der Waals surface area contributed by atoms with Gasteiger partial charge in [0.2, 0.25) is 0 Å². The Morgan fingerprint density at radius 2 is 1.96 bits per heavy atom. The first-order valence-corrected chi connectivity index (χ1v) is 10.2. The fraction of sp³-hybridized carbons (Fsp3) is 0.111. The number of rotatable bonds is 2. The molecule has 0 saturated heterocycles. The Kier molecular flexibility index (Phi) is 4.17. The fourth-order valence-electron chi connectivity index (χ4n) is 3.01. The van der Waals surface area contributed by atoms with Crippen molar-refractivity contribution in [2.75, 3.05) is 0 Å². The van der Waals surface area contributed by atoms with E-state index in [1.165, 1.54) is 38.6 Å². The predicted molar refractivity (Wildman–Crippen MR) is 104 cm³/mol. The monoisotopic (exact) mass is 394 g/mol. The van der Waals surface area contributed by atoms with Crippen LogP contribution in [0, 0.1) is 34.0 Å². The van der Waals surface area contributed by atoms with Gasteiger partial charge in [0.05, 0.1) is 28.2 Å². The number of nitrogens with zero attached hydrogens (tertiary/aromatic N) is 3. The molecule has 0 amide bonds. The van der Waals surface area contributed by atoms with Crippen molar-refractivity contribution in [2.24, 2.45) is 5.92 Å². The fourth-order valence-corrected chi connectivity index (χ4v) is 5.74. The summed E-state index contributed by atoms with van der Waals surface area (Å²) >= 11 is 4.17. The zero-order valence-electron chi connectivity index (χ0n) is 13.2. The molecule has 5 nitrogen and oxygen atoms in total. The minimum absolute atomic E-state index is 0.0630. The average Bonchev–Trinajstić information content (AvgIpc) is 3.38. The molecule has 1 N–H and O–H groups in total. The molecule has 0 spiro atoms. The minimum atomic E-state index is -0.863. The average molecular weight is 395 g/mol. The van der Waals surface area contributed by atoms with Gasteiger partial charge < -0.3 is 0 Å². The van der Waals surface area contributed by atoms with E-state index in [1.54, 1.807) is 6.08 Å². The molecule has 126 valence electrons. The van der Waals surface area contributed by atoms with Crippen LogP contribution in [0.25, 0.3) is 11.6 Å². The molecule has 4 rings (SSSR count). The van der Waals surface area contributed by atoms with Crippen LogP contribution in [0.2, 0.25) is 0 Å². The summed E-state index contributed by atoms with van der Waals surface area (Å²) in [5.74, 6) is -1.44. The molecular weight excluding hydrogens is 384 g/mol. The molecule has 0 aromatic carbocycles. The van der Waals surface area contributed by atoms with Crippen LogP contribution in [0.1, 0.15) is 15.7 Å². The van der Waals surface area contributed by atoms with E-state index in [9.17, 15) is 15.3 Å². The van der Waals surface area contributed by atoms with E-state index >= 15 is 0 Å². The lowest BCUT2D eigenvalue weighted by molar-refractivity contribution is 0.721. The van der Waals surface area contributed by atoms with Gasteiger partial charge in [-0.1, -0.05) is 12.1 Å². The van der Waals surface area contributed by atoms with E-state index < -0.39 is 11.8 Å². The van der Waals surface area contributed by atoms with Gasteiger partial charge in [0.15, 0.2) is 0 Å². The molecule has 26 heavy (non-hydrogen) atoms. The van der Waals surface area contributed by atoms with Gasteiger partial charge >= 0.3 is 0 Å². The van der Waals surface area contributed by atoms with Gasteiger partial charge in [-0.25, -0.2) is 0 Å². The van der Waals surface area contributed by atoms with E-state index in [0.717, 1.165) is 9.75 Å². The number of thiophene rings is 2. The number of hydrogen-bond donors (Lipinski definition) is 1. The number of fused-ring (bicyclic) bond motifs is 1. The van der Waals surface area contributed by atoms with Gasteiger partial charge in [-0.15, -0.1) is 34.0 Å². The predicted octanol–water partition coefficient (Wildman–Crippen LogP) is 2.30. The third kappa shape index (κ3) is 2.47. The highest BCUT2D eigenvalue weighted by Gasteiger charge is 2.38. The maximum atomic E-state index is 12.8. The van der Waals surface area contributed by atoms with Gasteiger partial charge in [-0.05, 0) is 29.0 Å². The first-order valence-electron chi connectivity index (χ1n) is 7.59. The van der Waals surface area contributed by atoms with Gasteiger partial charge in [0.25, 0.3) is 5.56 Å². The Balaban J connectivity index is 2.08.